The monoisotopic (exact) mass is 330 g/mol. The topological polar surface area (TPSA) is 70.2 Å². The Morgan fingerprint density at radius 2 is 2.17 bits per heavy atom. The van der Waals surface area contributed by atoms with Gasteiger partial charge in [-0.25, -0.2) is 9.78 Å². The number of rotatable bonds is 3. The molecule has 6 heteroatoms. The van der Waals surface area contributed by atoms with Gasteiger partial charge in [0.2, 0.25) is 5.95 Å². The van der Waals surface area contributed by atoms with Crippen LogP contribution in [0.3, 0.4) is 0 Å². The summed E-state index contributed by atoms with van der Waals surface area (Å²) in [6, 6.07) is 8.26. The van der Waals surface area contributed by atoms with Crippen LogP contribution in [0.15, 0.2) is 24.3 Å². The molecule has 130 valence electrons. The third-order valence-electron chi connectivity index (χ3n) is 4.16. The second-order valence-electron chi connectivity index (χ2n) is 7.30. The Labute approximate surface area is 142 Å². The van der Waals surface area contributed by atoms with Crippen molar-refractivity contribution in [1.82, 2.24) is 15.3 Å². The average Bonchev–Trinajstić information content (AvgIpc) is 2.95. The first-order valence-corrected chi connectivity index (χ1v) is 8.61. The molecule has 3 rings (SSSR count). The Hall–Kier alpha value is -2.24. The highest BCUT2D eigenvalue weighted by atomic mass is 16.6. The number of nitrogens with zero attached hydrogens (tertiary/aromatic N) is 2. The summed E-state index contributed by atoms with van der Waals surface area (Å²) in [7, 11) is 0. The van der Waals surface area contributed by atoms with Crippen LogP contribution in [-0.2, 0) is 4.74 Å². The van der Waals surface area contributed by atoms with Gasteiger partial charge >= 0.3 is 6.09 Å². The number of carbonyl (C=O) groups is 1. The smallest absolute Gasteiger partial charge is 0.407 e. The minimum absolute atomic E-state index is 0.229. The van der Waals surface area contributed by atoms with Crippen LogP contribution in [0.5, 0.6) is 0 Å². The highest BCUT2D eigenvalue weighted by Gasteiger charge is 2.26. The highest BCUT2D eigenvalue weighted by Crippen LogP contribution is 2.24. The van der Waals surface area contributed by atoms with Gasteiger partial charge in [-0.05, 0) is 52.2 Å². The van der Waals surface area contributed by atoms with Gasteiger partial charge in [-0.2, -0.15) is 0 Å². The number of amides is 1. The van der Waals surface area contributed by atoms with Crippen molar-refractivity contribution >= 4 is 23.1 Å². The average molecular weight is 330 g/mol. The SMILES string of the molecule is CC(C)(C)OC(=O)NCC1CCCCN1c1nc2ccccc2[nH]1. The minimum atomic E-state index is -0.477. The number of nitrogens with one attached hydrogen (secondary N) is 2. The first kappa shape index (κ1) is 16.6. The number of para-hydroxylation sites is 2. The van der Waals surface area contributed by atoms with Crippen molar-refractivity contribution in [1.29, 1.82) is 0 Å². The summed E-state index contributed by atoms with van der Waals surface area (Å²) in [6.45, 7) is 7.11. The van der Waals surface area contributed by atoms with Crippen molar-refractivity contribution in [3.05, 3.63) is 24.3 Å². The molecule has 1 aromatic heterocycles. The normalized spacial score (nSPS) is 18.6. The van der Waals surface area contributed by atoms with E-state index in [4.69, 9.17) is 9.72 Å². The molecule has 1 aromatic carbocycles. The molecule has 24 heavy (non-hydrogen) atoms. The molecular weight excluding hydrogens is 304 g/mol. The molecule has 1 amide bonds. The zero-order valence-corrected chi connectivity index (χ0v) is 14.6. The molecule has 1 atom stereocenters. The van der Waals surface area contributed by atoms with Gasteiger partial charge in [-0.15, -0.1) is 0 Å². The Morgan fingerprint density at radius 1 is 1.38 bits per heavy atom. The molecule has 2 N–H and O–H groups in total. The number of aromatic amines is 1. The van der Waals surface area contributed by atoms with E-state index in [0.29, 0.717) is 6.54 Å². The highest BCUT2D eigenvalue weighted by molar-refractivity contribution is 5.77. The number of hydrogen-bond acceptors (Lipinski definition) is 4. The molecule has 1 aliphatic rings. The fourth-order valence-corrected chi connectivity index (χ4v) is 3.08. The molecule has 0 bridgehead atoms. The van der Waals surface area contributed by atoms with E-state index in [2.05, 4.69) is 15.2 Å². The molecule has 2 heterocycles. The lowest BCUT2D eigenvalue weighted by molar-refractivity contribution is 0.0522. The van der Waals surface area contributed by atoms with Crippen LogP contribution in [-0.4, -0.2) is 40.8 Å². The van der Waals surface area contributed by atoms with Crippen LogP contribution in [0.1, 0.15) is 40.0 Å². The summed E-state index contributed by atoms with van der Waals surface area (Å²) in [5, 5.41) is 2.90. The minimum Gasteiger partial charge on any atom is -0.444 e. The number of alkyl carbamates (subject to hydrolysis) is 1. The number of imidazole rings is 1. The number of aromatic nitrogens is 2. The lowest BCUT2D eigenvalue weighted by atomic mass is 10.0. The molecule has 2 aromatic rings. The number of carbonyl (C=O) groups excluding carboxylic acids is 1. The van der Waals surface area contributed by atoms with E-state index in [1.165, 1.54) is 0 Å². The van der Waals surface area contributed by atoms with Gasteiger partial charge < -0.3 is 19.9 Å². The van der Waals surface area contributed by atoms with Crippen LogP contribution >= 0.6 is 0 Å². The van der Waals surface area contributed by atoms with E-state index in [9.17, 15) is 4.79 Å². The van der Waals surface area contributed by atoms with Crippen molar-refractivity contribution < 1.29 is 9.53 Å². The molecular formula is C18H26N4O2. The number of H-pyrrole nitrogens is 1. The predicted octanol–water partition coefficient (Wildman–Crippen LogP) is 3.45. The molecule has 1 saturated heterocycles. The van der Waals surface area contributed by atoms with E-state index >= 15 is 0 Å². The van der Waals surface area contributed by atoms with E-state index in [1.54, 1.807) is 0 Å². The summed E-state index contributed by atoms with van der Waals surface area (Å²) in [5.41, 5.74) is 1.53. The van der Waals surface area contributed by atoms with Crippen molar-refractivity contribution in [2.75, 3.05) is 18.0 Å². The second-order valence-corrected chi connectivity index (χ2v) is 7.30. The molecule has 0 aliphatic carbocycles. The number of piperidine rings is 1. The Morgan fingerprint density at radius 3 is 2.92 bits per heavy atom. The zero-order chi connectivity index (χ0) is 17.2. The summed E-state index contributed by atoms with van der Waals surface area (Å²) in [4.78, 5) is 22.3. The van der Waals surface area contributed by atoms with E-state index < -0.39 is 5.60 Å². The summed E-state index contributed by atoms with van der Waals surface area (Å²) in [5.74, 6) is 0.881. The fraction of sp³-hybridized carbons (Fsp3) is 0.556. The Balaban J connectivity index is 1.68. The zero-order valence-electron chi connectivity index (χ0n) is 14.6. The summed E-state index contributed by atoms with van der Waals surface area (Å²) >= 11 is 0. The van der Waals surface area contributed by atoms with Crippen molar-refractivity contribution in [3.8, 4) is 0 Å². The van der Waals surface area contributed by atoms with Gasteiger partial charge in [0.1, 0.15) is 5.60 Å². The first-order valence-electron chi connectivity index (χ1n) is 8.61. The molecule has 1 fully saturated rings. The largest absolute Gasteiger partial charge is 0.444 e. The summed E-state index contributed by atoms with van der Waals surface area (Å²) < 4.78 is 5.33. The van der Waals surface area contributed by atoms with Gasteiger partial charge in [0.05, 0.1) is 11.0 Å². The molecule has 0 spiro atoms. The van der Waals surface area contributed by atoms with Gasteiger partial charge in [-0.1, -0.05) is 12.1 Å². The van der Waals surface area contributed by atoms with Crippen molar-refractivity contribution in [2.24, 2.45) is 0 Å². The standard InChI is InChI=1S/C18H26N4O2/c1-18(2,3)24-17(23)19-12-13-8-6-7-11-22(13)16-20-14-9-4-5-10-15(14)21-16/h4-5,9-10,13H,6-8,11-12H2,1-3H3,(H,19,23)(H,20,21). The molecule has 0 saturated carbocycles. The Bertz CT molecular complexity index is 671. The van der Waals surface area contributed by atoms with Crippen LogP contribution < -0.4 is 10.2 Å². The van der Waals surface area contributed by atoms with Crippen LogP contribution in [0, 0.1) is 0 Å². The molecule has 1 unspecified atom stereocenters. The van der Waals surface area contributed by atoms with E-state index in [-0.39, 0.29) is 12.1 Å². The van der Waals surface area contributed by atoms with Gasteiger partial charge in [0.15, 0.2) is 0 Å². The third kappa shape index (κ3) is 3.99. The lowest BCUT2D eigenvalue weighted by Crippen LogP contribution is -2.48. The number of anilines is 1. The second kappa shape index (κ2) is 6.71. The number of hydrogen-bond donors (Lipinski definition) is 2. The first-order chi connectivity index (χ1) is 11.4. The molecule has 6 nitrogen and oxygen atoms in total. The van der Waals surface area contributed by atoms with Crippen LogP contribution in [0.2, 0.25) is 0 Å². The number of ether oxygens (including phenoxy) is 1. The number of fused-ring (bicyclic) bond motifs is 1. The molecule has 1 aliphatic heterocycles. The Kier molecular flexibility index (Phi) is 4.64. The molecule has 0 radical (unpaired) electrons. The quantitative estimate of drug-likeness (QED) is 0.904. The van der Waals surface area contributed by atoms with Gasteiger partial charge in [0.25, 0.3) is 0 Å². The van der Waals surface area contributed by atoms with Crippen LogP contribution in [0.4, 0.5) is 10.7 Å². The van der Waals surface area contributed by atoms with Crippen LogP contribution in [0.25, 0.3) is 11.0 Å². The lowest BCUT2D eigenvalue weighted by Gasteiger charge is -2.35. The summed E-state index contributed by atoms with van der Waals surface area (Å²) in [6.07, 6.45) is 2.97. The fourth-order valence-electron chi connectivity index (χ4n) is 3.08. The maximum absolute atomic E-state index is 11.9. The van der Waals surface area contributed by atoms with Gasteiger partial charge in [-0.3, -0.25) is 0 Å². The van der Waals surface area contributed by atoms with Crippen molar-refractivity contribution in [3.63, 3.8) is 0 Å². The van der Waals surface area contributed by atoms with E-state index in [1.807, 2.05) is 45.0 Å². The van der Waals surface area contributed by atoms with Gasteiger partial charge in [0, 0.05) is 19.1 Å². The van der Waals surface area contributed by atoms with E-state index in [0.717, 1.165) is 42.8 Å². The predicted molar refractivity (Wildman–Crippen MR) is 95.3 cm³/mol. The van der Waals surface area contributed by atoms with Crippen molar-refractivity contribution in [2.45, 2.75) is 51.7 Å². The maximum atomic E-state index is 11.9. The maximum Gasteiger partial charge on any atom is 0.407 e. The third-order valence-corrected chi connectivity index (χ3v) is 4.16. The number of benzene rings is 1.